The lowest BCUT2D eigenvalue weighted by Gasteiger charge is -2.32. The molecular weight excluding hydrogens is 322 g/mol. The molecule has 1 aromatic carbocycles. The minimum Gasteiger partial charge on any atom is -0.298 e. The molecule has 1 fully saturated rings. The summed E-state index contributed by atoms with van der Waals surface area (Å²) in [4.78, 5) is 15.4. The van der Waals surface area contributed by atoms with Crippen molar-refractivity contribution in [3.8, 4) is 0 Å². The van der Waals surface area contributed by atoms with Gasteiger partial charge in [0.1, 0.15) is 0 Å². The van der Waals surface area contributed by atoms with Crippen LogP contribution in [0.5, 0.6) is 0 Å². The second-order valence-corrected chi connectivity index (χ2v) is 8.68. The van der Waals surface area contributed by atoms with Crippen LogP contribution >= 0.6 is 0 Å². The van der Waals surface area contributed by atoms with E-state index in [-0.39, 0.29) is 17.1 Å². The Balaban J connectivity index is 1.67. The van der Waals surface area contributed by atoms with Gasteiger partial charge in [-0.05, 0) is 37.3 Å². The summed E-state index contributed by atoms with van der Waals surface area (Å²) in [6.07, 6.45) is 4.16. The number of likely N-dealkylation sites (tertiary alicyclic amines) is 1. The third kappa shape index (κ3) is 4.24. The van der Waals surface area contributed by atoms with Crippen LogP contribution < -0.4 is 0 Å². The van der Waals surface area contributed by atoms with Crippen LogP contribution in [0.15, 0.2) is 30.5 Å². The Hall–Kier alpha value is -1.94. The van der Waals surface area contributed by atoms with Gasteiger partial charge in [-0.15, -0.1) is 0 Å². The summed E-state index contributed by atoms with van der Waals surface area (Å²) in [6.45, 7) is 11.4. The average Bonchev–Trinajstić information content (AvgIpc) is 2.91. The molecule has 140 valence electrons. The van der Waals surface area contributed by atoms with Crippen LogP contribution in [0.3, 0.4) is 0 Å². The highest BCUT2D eigenvalue weighted by Crippen LogP contribution is 2.26. The number of hydrogen-bond acceptors (Lipinski definition) is 3. The number of rotatable bonds is 4. The maximum atomic E-state index is 13.0. The van der Waals surface area contributed by atoms with Gasteiger partial charge in [0.25, 0.3) is 0 Å². The standard InChI is InChI=1S/C22H31N3O/c1-16-19(13-24(5)23-16)15-25-12-6-7-18(14-25)21(26)17-8-10-20(11-9-17)22(2,3)4/h8-11,13,18H,6-7,12,14-15H2,1-5H3/t18-/m0/s1. The van der Waals surface area contributed by atoms with Gasteiger partial charge in [-0.3, -0.25) is 14.4 Å². The summed E-state index contributed by atoms with van der Waals surface area (Å²) in [7, 11) is 1.96. The number of aryl methyl sites for hydroxylation is 2. The number of benzene rings is 1. The predicted molar refractivity (Wildman–Crippen MR) is 105 cm³/mol. The Morgan fingerprint density at radius 1 is 1.23 bits per heavy atom. The Labute approximate surface area is 157 Å². The van der Waals surface area contributed by atoms with Crippen LogP contribution in [0.25, 0.3) is 0 Å². The van der Waals surface area contributed by atoms with Crippen LogP contribution in [-0.2, 0) is 19.0 Å². The SMILES string of the molecule is Cc1nn(C)cc1CN1CCC[C@H](C(=O)c2ccc(C(C)(C)C)cc2)C1. The largest absolute Gasteiger partial charge is 0.298 e. The minimum absolute atomic E-state index is 0.0983. The number of piperidine rings is 1. The minimum atomic E-state index is 0.0983. The molecule has 0 N–H and O–H groups in total. The molecule has 1 aliphatic rings. The number of aromatic nitrogens is 2. The zero-order chi connectivity index (χ0) is 18.9. The van der Waals surface area contributed by atoms with Crippen molar-refractivity contribution >= 4 is 5.78 Å². The lowest BCUT2D eigenvalue weighted by atomic mass is 9.85. The van der Waals surface area contributed by atoms with E-state index in [9.17, 15) is 4.79 Å². The van der Waals surface area contributed by atoms with E-state index in [1.54, 1.807) is 0 Å². The van der Waals surface area contributed by atoms with Gasteiger partial charge in [0.15, 0.2) is 5.78 Å². The summed E-state index contributed by atoms with van der Waals surface area (Å²) in [5.74, 6) is 0.388. The van der Waals surface area contributed by atoms with Crippen LogP contribution in [0.1, 0.15) is 60.8 Å². The molecule has 26 heavy (non-hydrogen) atoms. The van der Waals surface area contributed by atoms with Crippen molar-refractivity contribution in [1.29, 1.82) is 0 Å². The fourth-order valence-electron chi connectivity index (χ4n) is 3.83. The molecule has 0 saturated carbocycles. The van der Waals surface area contributed by atoms with Crippen molar-refractivity contribution in [2.45, 2.75) is 52.5 Å². The zero-order valence-electron chi connectivity index (χ0n) is 16.7. The lowest BCUT2D eigenvalue weighted by Crippen LogP contribution is -2.38. The van der Waals surface area contributed by atoms with Gasteiger partial charge in [-0.1, -0.05) is 45.0 Å². The van der Waals surface area contributed by atoms with E-state index in [1.165, 1.54) is 11.1 Å². The first-order valence-electron chi connectivity index (χ1n) is 9.60. The molecule has 1 saturated heterocycles. The molecule has 2 heterocycles. The van der Waals surface area contributed by atoms with Gasteiger partial charge in [0.2, 0.25) is 0 Å². The molecule has 3 rings (SSSR count). The molecule has 0 aliphatic carbocycles. The van der Waals surface area contributed by atoms with Crippen LogP contribution in [0.2, 0.25) is 0 Å². The Morgan fingerprint density at radius 2 is 1.92 bits per heavy atom. The maximum absolute atomic E-state index is 13.0. The molecule has 0 radical (unpaired) electrons. The number of hydrogen-bond donors (Lipinski definition) is 0. The number of carbonyl (C=O) groups excluding carboxylic acids is 1. The highest BCUT2D eigenvalue weighted by Gasteiger charge is 2.27. The van der Waals surface area contributed by atoms with Gasteiger partial charge < -0.3 is 0 Å². The maximum Gasteiger partial charge on any atom is 0.167 e. The van der Waals surface area contributed by atoms with Crippen molar-refractivity contribution in [3.05, 3.63) is 52.8 Å². The first-order valence-corrected chi connectivity index (χ1v) is 9.60. The van der Waals surface area contributed by atoms with E-state index in [4.69, 9.17) is 0 Å². The van der Waals surface area contributed by atoms with E-state index in [0.29, 0.717) is 0 Å². The Morgan fingerprint density at radius 3 is 2.50 bits per heavy atom. The summed E-state index contributed by atoms with van der Waals surface area (Å²) < 4.78 is 1.87. The molecule has 0 unspecified atom stereocenters. The highest BCUT2D eigenvalue weighted by atomic mass is 16.1. The van der Waals surface area contributed by atoms with Crippen molar-refractivity contribution in [2.75, 3.05) is 13.1 Å². The molecule has 2 aromatic rings. The van der Waals surface area contributed by atoms with Gasteiger partial charge in [0, 0.05) is 43.4 Å². The Kier molecular flexibility index (Phi) is 5.33. The second kappa shape index (κ2) is 7.36. The lowest BCUT2D eigenvalue weighted by molar-refractivity contribution is 0.0811. The summed E-state index contributed by atoms with van der Waals surface area (Å²) in [6, 6.07) is 8.22. The van der Waals surface area contributed by atoms with E-state index < -0.39 is 0 Å². The third-order valence-corrected chi connectivity index (χ3v) is 5.42. The molecule has 4 heteroatoms. The average molecular weight is 354 g/mol. The fourth-order valence-corrected chi connectivity index (χ4v) is 3.83. The van der Waals surface area contributed by atoms with E-state index in [0.717, 1.165) is 43.7 Å². The van der Waals surface area contributed by atoms with E-state index in [1.807, 2.05) is 23.9 Å². The van der Waals surface area contributed by atoms with E-state index in [2.05, 4.69) is 56.0 Å². The molecule has 1 aliphatic heterocycles. The van der Waals surface area contributed by atoms with Crippen molar-refractivity contribution < 1.29 is 4.79 Å². The molecule has 0 spiro atoms. The first-order chi connectivity index (χ1) is 12.2. The van der Waals surface area contributed by atoms with Gasteiger partial charge >= 0.3 is 0 Å². The number of Topliss-reactive ketones (excluding diaryl/α,β-unsaturated/α-hetero) is 1. The molecule has 0 bridgehead atoms. The fraction of sp³-hybridized carbons (Fsp3) is 0.545. The van der Waals surface area contributed by atoms with Crippen molar-refractivity contribution in [3.63, 3.8) is 0 Å². The van der Waals surface area contributed by atoms with E-state index >= 15 is 0 Å². The Bertz CT molecular complexity index is 768. The molecule has 4 nitrogen and oxygen atoms in total. The predicted octanol–water partition coefficient (Wildman–Crippen LogP) is 4.12. The number of nitrogens with zero attached hydrogens (tertiary/aromatic N) is 3. The monoisotopic (exact) mass is 353 g/mol. The van der Waals surface area contributed by atoms with Gasteiger partial charge in [0.05, 0.1) is 5.69 Å². The number of carbonyl (C=O) groups is 1. The third-order valence-electron chi connectivity index (χ3n) is 5.42. The van der Waals surface area contributed by atoms with Crippen LogP contribution in [0.4, 0.5) is 0 Å². The smallest absolute Gasteiger partial charge is 0.167 e. The first kappa shape index (κ1) is 18.8. The molecule has 1 aromatic heterocycles. The van der Waals surface area contributed by atoms with Crippen LogP contribution in [-0.4, -0.2) is 33.6 Å². The molecule has 1 atom stereocenters. The normalized spacial score (nSPS) is 18.9. The second-order valence-electron chi connectivity index (χ2n) is 8.68. The summed E-state index contributed by atoms with van der Waals surface area (Å²) in [5, 5.41) is 4.43. The molecular formula is C22H31N3O. The van der Waals surface area contributed by atoms with Crippen LogP contribution in [0, 0.1) is 12.8 Å². The molecule has 0 amide bonds. The quantitative estimate of drug-likeness (QED) is 0.776. The number of ketones is 1. The van der Waals surface area contributed by atoms with Crippen molar-refractivity contribution in [1.82, 2.24) is 14.7 Å². The van der Waals surface area contributed by atoms with Crippen molar-refractivity contribution in [2.24, 2.45) is 13.0 Å². The van der Waals surface area contributed by atoms with Gasteiger partial charge in [-0.25, -0.2) is 0 Å². The summed E-state index contributed by atoms with van der Waals surface area (Å²) in [5.41, 5.74) is 4.58. The van der Waals surface area contributed by atoms with Gasteiger partial charge in [-0.2, -0.15) is 5.10 Å². The topological polar surface area (TPSA) is 38.1 Å². The summed E-state index contributed by atoms with van der Waals surface area (Å²) >= 11 is 0. The zero-order valence-corrected chi connectivity index (χ0v) is 16.7. The highest BCUT2D eigenvalue weighted by molar-refractivity contribution is 5.98.